The molecule has 73 heavy (non-hydrogen) atoms. The lowest BCUT2D eigenvalue weighted by Gasteiger charge is -2.49. The van der Waals surface area contributed by atoms with Crippen LogP contribution in [-0.4, -0.2) is 116 Å². The van der Waals surface area contributed by atoms with Crippen molar-refractivity contribution in [1.29, 1.82) is 0 Å². The topological polar surface area (TPSA) is 231 Å². The van der Waals surface area contributed by atoms with E-state index in [4.69, 9.17) is 28.5 Å². The second-order valence-corrected chi connectivity index (χ2v) is 24.0. The van der Waals surface area contributed by atoms with Crippen molar-refractivity contribution in [3.05, 3.63) is 81.2 Å². The molecule has 5 heterocycles. The monoisotopic (exact) mass is 1110 g/mol. The average molecular weight is 1110 g/mol. The molecule has 0 aliphatic carbocycles. The lowest BCUT2D eigenvalue weighted by molar-refractivity contribution is -0.663. The molecular formula is C50H64BrN8O12S2+. The normalized spacial score (nSPS) is 16.8. The van der Waals surface area contributed by atoms with Crippen LogP contribution in [0.1, 0.15) is 93.8 Å². The first kappa shape index (κ1) is 56.3. The number of halogens is 1. The molecule has 23 heteroatoms. The molecule has 3 unspecified atom stereocenters. The third kappa shape index (κ3) is 14.4. The number of aryl methyl sites for hydroxylation is 1. The van der Waals surface area contributed by atoms with Crippen LogP contribution in [0.2, 0.25) is 0 Å². The molecule has 2 aliphatic heterocycles. The summed E-state index contributed by atoms with van der Waals surface area (Å²) in [6.45, 7) is 19.1. The number of nitrogens with zero attached hydrogens (tertiary/aromatic N) is 5. The summed E-state index contributed by atoms with van der Waals surface area (Å²) in [7, 11) is 3.27. The largest absolute Gasteiger partial charge is 0.497 e. The van der Waals surface area contributed by atoms with Gasteiger partial charge in [0, 0.05) is 36.2 Å². The number of β-lactam (4-membered cyclic amide) rings is 1. The molecule has 3 atom stereocenters. The van der Waals surface area contributed by atoms with Crippen LogP contribution in [0, 0.1) is 0 Å². The van der Waals surface area contributed by atoms with Crippen molar-refractivity contribution in [3.63, 3.8) is 0 Å². The van der Waals surface area contributed by atoms with Crippen molar-refractivity contribution in [3.8, 4) is 5.75 Å². The van der Waals surface area contributed by atoms with Gasteiger partial charge in [-0.25, -0.2) is 19.4 Å². The second-order valence-electron chi connectivity index (χ2n) is 20.6. The number of oxime groups is 1. The summed E-state index contributed by atoms with van der Waals surface area (Å²) in [5, 5.41) is 11.8. The summed E-state index contributed by atoms with van der Waals surface area (Å²) in [6.07, 6.45) is 3.48. The highest BCUT2D eigenvalue weighted by atomic mass is 79.9. The van der Waals surface area contributed by atoms with Gasteiger partial charge >= 0.3 is 24.0 Å². The number of methoxy groups -OCH3 is 1. The lowest BCUT2D eigenvalue weighted by Crippen LogP contribution is -2.71. The van der Waals surface area contributed by atoms with Crippen LogP contribution in [0.25, 0.3) is 11.0 Å². The number of fused-ring (bicyclic) bond motifs is 2. The van der Waals surface area contributed by atoms with E-state index in [9.17, 15) is 28.8 Å². The molecule has 0 spiro atoms. The molecule has 1 fully saturated rings. The number of rotatable bonds is 18. The number of ether oxygens (including phenoxy) is 5. The van der Waals surface area contributed by atoms with E-state index in [1.165, 1.54) is 30.5 Å². The summed E-state index contributed by atoms with van der Waals surface area (Å²) >= 11 is 5.72. The number of nitrogens with one attached hydrogen (secondary N) is 3. The molecule has 4 aromatic rings. The van der Waals surface area contributed by atoms with E-state index >= 15 is 0 Å². The maximum Gasteiger partial charge on any atom is 0.413 e. The number of amides is 3. The van der Waals surface area contributed by atoms with Gasteiger partial charge < -0.3 is 43.7 Å². The third-order valence-electron chi connectivity index (χ3n) is 10.8. The molecule has 0 saturated carbocycles. The predicted molar refractivity (Wildman–Crippen MR) is 277 cm³/mol. The molecule has 0 bridgehead atoms. The Kier molecular flexibility index (Phi) is 17.4. The number of thioether (sulfide) groups is 1. The molecule has 1 saturated heterocycles. The molecule has 3 amide bonds. The van der Waals surface area contributed by atoms with Crippen LogP contribution in [0.5, 0.6) is 5.75 Å². The number of carbonyl (C=O) groups excluding carboxylic acids is 6. The molecule has 0 radical (unpaired) electrons. The Labute approximate surface area is 441 Å². The Morgan fingerprint density at radius 1 is 0.932 bits per heavy atom. The summed E-state index contributed by atoms with van der Waals surface area (Å²) in [6, 6.07) is 11.1. The number of benzene rings is 1. The van der Waals surface area contributed by atoms with E-state index in [2.05, 4.69) is 42.0 Å². The van der Waals surface area contributed by atoms with Crippen molar-refractivity contribution in [2.24, 2.45) is 5.16 Å². The highest BCUT2D eigenvalue weighted by Gasteiger charge is 2.55. The Bertz CT molecular complexity index is 2800. The minimum atomic E-state index is -1.70. The zero-order valence-electron chi connectivity index (χ0n) is 43.3. The van der Waals surface area contributed by atoms with E-state index in [0.29, 0.717) is 29.9 Å². The van der Waals surface area contributed by atoms with Gasteiger partial charge in [-0.2, -0.15) is 4.57 Å². The van der Waals surface area contributed by atoms with Gasteiger partial charge in [-0.15, -0.1) is 11.8 Å². The SMILES string of the molecule is CNC(CCn1ccc2c1ccc[n+]2CC1=C(C(=O)OCc2ccc(OC)cc2)N2C(=O)C(NC(=O)/C(=N\OC(C)(C)C(=O)OC(C)(C)C)c3nc(NC(=O)OC(C)(C)C)sc3Br)C2SC1)C(=O)OC(C)(C)C. The predicted octanol–water partition coefficient (Wildman–Crippen LogP) is 6.76. The van der Waals surface area contributed by atoms with E-state index in [1.807, 2.05) is 60.5 Å². The van der Waals surface area contributed by atoms with Crippen LogP contribution in [0.3, 0.4) is 0 Å². The minimum Gasteiger partial charge on any atom is -0.497 e. The van der Waals surface area contributed by atoms with Crippen LogP contribution in [0.15, 0.2) is 75.1 Å². The molecule has 20 nitrogen and oxygen atoms in total. The van der Waals surface area contributed by atoms with Crippen molar-refractivity contribution in [2.45, 2.75) is 142 Å². The van der Waals surface area contributed by atoms with Crippen molar-refractivity contribution >= 4 is 96.7 Å². The second kappa shape index (κ2) is 22.6. The van der Waals surface area contributed by atoms with E-state index in [0.717, 1.165) is 22.4 Å². The third-order valence-corrected chi connectivity index (χ3v) is 13.8. The van der Waals surface area contributed by atoms with Crippen LogP contribution >= 0.6 is 39.0 Å². The fourth-order valence-electron chi connectivity index (χ4n) is 7.40. The number of pyridine rings is 1. The van der Waals surface area contributed by atoms with E-state index in [-0.39, 0.29) is 45.2 Å². The van der Waals surface area contributed by atoms with E-state index in [1.54, 1.807) is 80.0 Å². The number of likely N-dealkylation sites (N-methyl/N-ethyl adjacent to an activating group) is 1. The quantitative estimate of drug-likeness (QED) is 0.0233. The zero-order valence-corrected chi connectivity index (χ0v) is 46.5. The molecule has 394 valence electrons. The summed E-state index contributed by atoms with van der Waals surface area (Å²) in [4.78, 5) is 93.6. The van der Waals surface area contributed by atoms with Crippen molar-refractivity contribution < 1.29 is 61.9 Å². The van der Waals surface area contributed by atoms with Gasteiger partial charge in [0.15, 0.2) is 23.6 Å². The number of esters is 3. The molecule has 3 aromatic heterocycles. The minimum absolute atomic E-state index is 0.0398. The number of hydrogen-bond donors (Lipinski definition) is 3. The first-order chi connectivity index (χ1) is 34.1. The Morgan fingerprint density at radius 2 is 1.60 bits per heavy atom. The molecule has 6 rings (SSSR count). The van der Waals surface area contributed by atoms with Gasteiger partial charge in [-0.3, -0.25) is 24.6 Å². The number of aromatic nitrogens is 3. The highest BCUT2D eigenvalue weighted by molar-refractivity contribution is 9.11. The van der Waals surface area contributed by atoms with Crippen LogP contribution in [-0.2, 0) is 67.5 Å². The molecule has 1 aromatic carbocycles. The van der Waals surface area contributed by atoms with Crippen LogP contribution in [0.4, 0.5) is 9.93 Å². The Morgan fingerprint density at radius 3 is 2.23 bits per heavy atom. The lowest BCUT2D eigenvalue weighted by atomic mass is 10.0. The summed E-state index contributed by atoms with van der Waals surface area (Å²) in [5.41, 5.74) is -1.50. The van der Waals surface area contributed by atoms with Gasteiger partial charge in [0.25, 0.3) is 11.8 Å². The molecule has 3 N–H and O–H groups in total. The first-order valence-electron chi connectivity index (χ1n) is 23.4. The van der Waals surface area contributed by atoms with Gasteiger partial charge in [0.1, 0.15) is 67.3 Å². The Hall–Kier alpha value is -6.04. The zero-order chi connectivity index (χ0) is 53.8. The van der Waals surface area contributed by atoms with Gasteiger partial charge in [0.05, 0.1) is 7.11 Å². The number of carbonyl (C=O) groups is 6. The summed E-state index contributed by atoms with van der Waals surface area (Å²) in [5.74, 6) is -2.46. The highest BCUT2D eigenvalue weighted by Crippen LogP contribution is 2.41. The number of anilines is 1. The smallest absolute Gasteiger partial charge is 0.413 e. The standard InChI is InChI=1S/C50H63BrN8O12S2/c1-47(2,3)68-42(62)31(52-12)20-23-57-24-21-33-32(57)15-14-22-58(33)25-29-27-72-41-36(40(61)59(41)37(29)43(63)67-26-28-16-18-30(66-13)19-17-28)53-39(60)35(56-71-50(10,11)44(64)69-48(4,5)6)34-38(51)73-45(54-34)55-46(65)70-49(7,8)9/h14-19,21-22,24,31,36,41,52H,20,23,25-27H2,1-13H3,(H-,53,54,55,60,65)/p+1/b56-35-. The number of hydrogen-bond acceptors (Lipinski definition) is 17. The molecular weight excluding hydrogens is 1050 g/mol. The van der Waals surface area contributed by atoms with Gasteiger partial charge in [-0.05, 0) is 129 Å². The van der Waals surface area contributed by atoms with Crippen molar-refractivity contribution in [2.75, 3.05) is 25.2 Å². The fraction of sp³-hybridized carbons (Fsp3) is 0.500. The first-order valence-corrected chi connectivity index (χ1v) is 26.0. The maximum atomic E-state index is 14.5. The van der Waals surface area contributed by atoms with E-state index < -0.39 is 75.4 Å². The van der Waals surface area contributed by atoms with Gasteiger partial charge in [0.2, 0.25) is 11.1 Å². The summed E-state index contributed by atoms with van der Waals surface area (Å²) < 4.78 is 32.0. The number of thiazole rings is 1. The molecule has 2 aliphatic rings. The van der Waals surface area contributed by atoms with Gasteiger partial charge in [-0.1, -0.05) is 28.6 Å². The average Bonchev–Trinajstić information content (AvgIpc) is 3.88. The maximum absolute atomic E-state index is 14.5. The van der Waals surface area contributed by atoms with Crippen LogP contribution < -0.4 is 25.3 Å². The Balaban J connectivity index is 1.29. The fourth-order valence-corrected chi connectivity index (χ4v) is 10.2. The van der Waals surface area contributed by atoms with Crippen molar-refractivity contribution in [1.82, 2.24) is 25.1 Å².